The van der Waals surface area contributed by atoms with Gasteiger partial charge in [0.05, 0.1) is 12.6 Å². The van der Waals surface area contributed by atoms with Crippen molar-refractivity contribution in [2.24, 2.45) is 0 Å². The van der Waals surface area contributed by atoms with Crippen molar-refractivity contribution in [3.63, 3.8) is 0 Å². The number of likely N-dealkylation sites (tertiary alicyclic amines) is 1. The first-order valence-corrected chi connectivity index (χ1v) is 10.6. The van der Waals surface area contributed by atoms with Crippen molar-refractivity contribution in [1.29, 1.82) is 0 Å². The fourth-order valence-corrected chi connectivity index (χ4v) is 3.77. The maximum atomic E-state index is 13.0. The van der Waals surface area contributed by atoms with Crippen molar-refractivity contribution in [3.8, 4) is 0 Å². The van der Waals surface area contributed by atoms with Crippen LogP contribution in [0.3, 0.4) is 0 Å². The second-order valence-corrected chi connectivity index (χ2v) is 8.63. The van der Waals surface area contributed by atoms with Crippen LogP contribution in [-0.2, 0) is 25.7 Å². The summed E-state index contributed by atoms with van der Waals surface area (Å²) >= 11 is 0. The third kappa shape index (κ3) is 6.29. The molecule has 1 aliphatic heterocycles. The lowest BCUT2D eigenvalue weighted by Gasteiger charge is -2.36. The average Bonchev–Trinajstić information content (AvgIpc) is 3.19. The summed E-state index contributed by atoms with van der Waals surface area (Å²) in [4.78, 5) is 40.9. The normalized spacial score (nSPS) is 17.5. The molecule has 1 saturated heterocycles. The smallest absolute Gasteiger partial charge is 0.337 e. The van der Waals surface area contributed by atoms with Gasteiger partial charge in [-0.3, -0.25) is 9.59 Å². The number of carbonyl (C=O) groups is 3. The number of nitrogens with zero attached hydrogens (tertiary/aromatic N) is 2. The van der Waals surface area contributed by atoms with Crippen LogP contribution < -0.4 is 0 Å². The first-order chi connectivity index (χ1) is 14.1. The molecule has 1 aromatic carbocycles. The molecule has 30 heavy (non-hydrogen) atoms. The fourth-order valence-electron chi connectivity index (χ4n) is 3.77. The van der Waals surface area contributed by atoms with Crippen LogP contribution in [0, 0.1) is 0 Å². The first kappa shape index (κ1) is 23.9. The van der Waals surface area contributed by atoms with Crippen LogP contribution in [0.4, 0.5) is 0 Å². The molecule has 2 atom stereocenters. The quantitative estimate of drug-likeness (QED) is 0.656. The third-order valence-corrected chi connectivity index (χ3v) is 5.36. The lowest BCUT2D eigenvalue weighted by Crippen LogP contribution is -2.48. The van der Waals surface area contributed by atoms with Gasteiger partial charge in [-0.25, -0.2) is 4.79 Å². The van der Waals surface area contributed by atoms with Crippen LogP contribution in [-0.4, -0.2) is 63.5 Å². The van der Waals surface area contributed by atoms with E-state index in [-0.39, 0.29) is 36.8 Å². The number of hydrogen-bond acceptors (Lipinski definition) is 5. The Kier molecular flexibility index (Phi) is 8.41. The molecule has 7 nitrogen and oxygen atoms in total. The number of esters is 1. The van der Waals surface area contributed by atoms with E-state index in [1.165, 1.54) is 4.90 Å². The summed E-state index contributed by atoms with van der Waals surface area (Å²) < 4.78 is 4.88. The van der Waals surface area contributed by atoms with Crippen molar-refractivity contribution in [2.45, 2.75) is 77.6 Å². The van der Waals surface area contributed by atoms with Crippen LogP contribution in [0.2, 0.25) is 0 Å². The van der Waals surface area contributed by atoms with E-state index in [0.717, 1.165) is 5.56 Å². The molecule has 0 spiro atoms. The van der Waals surface area contributed by atoms with Gasteiger partial charge in [0, 0.05) is 31.5 Å². The van der Waals surface area contributed by atoms with E-state index in [1.54, 1.807) is 11.8 Å². The SMILES string of the molecule is CCOC(=O)C(O)[C@@H]1CCCN1C(=O)CCC(=O)N(Cc1ccccc1)C(C)(C)C. The zero-order valence-electron chi connectivity index (χ0n) is 18.5. The maximum Gasteiger partial charge on any atom is 0.337 e. The van der Waals surface area contributed by atoms with Gasteiger partial charge in [0.2, 0.25) is 11.8 Å². The van der Waals surface area contributed by atoms with Gasteiger partial charge >= 0.3 is 5.97 Å². The van der Waals surface area contributed by atoms with Crippen LogP contribution in [0.25, 0.3) is 0 Å². The lowest BCUT2D eigenvalue weighted by molar-refractivity contribution is -0.158. The molecular formula is C23H34N2O5. The van der Waals surface area contributed by atoms with Gasteiger partial charge in [0.15, 0.2) is 6.10 Å². The minimum atomic E-state index is -1.35. The number of ether oxygens (including phenoxy) is 1. The van der Waals surface area contributed by atoms with Gasteiger partial charge in [-0.15, -0.1) is 0 Å². The summed E-state index contributed by atoms with van der Waals surface area (Å²) in [5.41, 5.74) is 0.649. The molecule has 0 radical (unpaired) electrons. The van der Waals surface area contributed by atoms with Gasteiger partial charge < -0.3 is 19.6 Å². The minimum absolute atomic E-state index is 0.0479. The lowest BCUT2D eigenvalue weighted by atomic mass is 10.0. The summed E-state index contributed by atoms with van der Waals surface area (Å²) in [7, 11) is 0. The Morgan fingerprint density at radius 3 is 2.47 bits per heavy atom. The zero-order chi connectivity index (χ0) is 22.3. The second-order valence-electron chi connectivity index (χ2n) is 8.63. The van der Waals surface area contributed by atoms with Crippen molar-refractivity contribution in [3.05, 3.63) is 35.9 Å². The van der Waals surface area contributed by atoms with Crippen molar-refractivity contribution < 1.29 is 24.2 Å². The van der Waals surface area contributed by atoms with E-state index >= 15 is 0 Å². The zero-order valence-corrected chi connectivity index (χ0v) is 18.5. The van der Waals surface area contributed by atoms with Crippen LogP contribution in [0.5, 0.6) is 0 Å². The van der Waals surface area contributed by atoms with Crippen molar-refractivity contribution >= 4 is 17.8 Å². The molecule has 7 heteroatoms. The molecule has 1 fully saturated rings. The maximum absolute atomic E-state index is 13.0. The summed E-state index contributed by atoms with van der Waals surface area (Å²) in [6.07, 6.45) is 0.0368. The van der Waals surface area contributed by atoms with Gasteiger partial charge in [-0.1, -0.05) is 30.3 Å². The van der Waals surface area contributed by atoms with E-state index in [9.17, 15) is 19.5 Å². The summed E-state index contributed by atoms with van der Waals surface area (Å²) in [6.45, 7) is 8.72. The van der Waals surface area contributed by atoms with E-state index < -0.39 is 18.1 Å². The fraction of sp³-hybridized carbons (Fsp3) is 0.609. The Labute approximate surface area is 179 Å². The first-order valence-electron chi connectivity index (χ1n) is 10.6. The second kappa shape index (κ2) is 10.6. The molecule has 1 aliphatic rings. The number of carbonyl (C=O) groups excluding carboxylic acids is 3. The third-order valence-electron chi connectivity index (χ3n) is 5.36. The highest BCUT2D eigenvalue weighted by Crippen LogP contribution is 2.24. The van der Waals surface area contributed by atoms with Crippen LogP contribution in [0.1, 0.15) is 58.9 Å². The molecular weight excluding hydrogens is 384 g/mol. The molecule has 1 unspecified atom stereocenters. The van der Waals surface area contributed by atoms with E-state index in [4.69, 9.17) is 4.74 Å². The molecule has 0 bridgehead atoms. The number of hydrogen-bond donors (Lipinski definition) is 1. The molecule has 0 saturated carbocycles. The predicted molar refractivity (Wildman–Crippen MR) is 113 cm³/mol. The highest BCUT2D eigenvalue weighted by atomic mass is 16.5. The van der Waals surface area contributed by atoms with Crippen LogP contribution >= 0.6 is 0 Å². The van der Waals surface area contributed by atoms with Crippen molar-refractivity contribution in [1.82, 2.24) is 9.80 Å². The van der Waals surface area contributed by atoms with E-state index in [2.05, 4.69) is 0 Å². The monoisotopic (exact) mass is 418 g/mol. The van der Waals surface area contributed by atoms with Gasteiger partial charge in [-0.2, -0.15) is 0 Å². The minimum Gasteiger partial charge on any atom is -0.464 e. The molecule has 166 valence electrons. The molecule has 1 N–H and O–H groups in total. The topological polar surface area (TPSA) is 87.1 Å². The highest BCUT2D eigenvalue weighted by molar-refractivity contribution is 5.85. The largest absolute Gasteiger partial charge is 0.464 e. The van der Waals surface area contributed by atoms with Crippen LogP contribution in [0.15, 0.2) is 30.3 Å². The molecule has 0 aliphatic carbocycles. The Bertz CT molecular complexity index is 729. The van der Waals surface area contributed by atoms with E-state index in [1.807, 2.05) is 51.1 Å². The number of rotatable bonds is 8. The summed E-state index contributed by atoms with van der Waals surface area (Å²) in [5.74, 6) is -1.02. The van der Waals surface area contributed by atoms with E-state index in [0.29, 0.717) is 25.9 Å². The number of benzene rings is 1. The molecule has 2 rings (SSSR count). The van der Waals surface area contributed by atoms with Crippen molar-refractivity contribution in [2.75, 3.05) is 13.2 Å². The number of aliphatic hydroxyl groups is 1. The van der Waals surface area contributed by atoms with Gasteiger partial charge in [0.1, 0.15) is 0 Å². The predicted octanol–water partition coefficient (Wildman–Crippen LogP) is 2.51. The Balaban J connectivity index is 1.98. The molecule has 1 aromatic rings. The number of aliphatic hydroxyl groups excluding tert-OH is 1. The highest BCUT2D eigenvalue weighted by Gasteiger charge is 2.38. The van der Waals surface area contributed by atoms with Gasteiger partial charge in [-0.05, 0) is 46.1 Å². The number of amides is 2. The molecule has 0 aromatic heterocycles. The Morgan fingerprint density at radius 1 is 1.20 bits per heavy atom. The summed E-state index contributed by atoms with van der Waals surface area (Å²) in [5, 5.41) is 10.3. The Morgan fingerprint density at radius 2 is 1.87 bits per heavy atom. The van der Waals surface area contributed by atoms with Gasteiger partial charge in [0.25, 0.3) is 0 Å². The Hall–Kier alpha value is -2.41. The summed E-state index contributed by atoms with van der Waals surface area (Å²) in [6, 6.07) is 9.17. The molecule has 2 amide bonds. The molecule has 1 heterocycles. The standard InChI is InChI=1S/C23H34N2O5/c1-5-30-22(29)21(28)18-12-9-15-24(18)19(26)13-14-20(27)25(23(2,3)4)16-17-10-7-6-8-11-17/h6-8,10-11,18,21,28H,5,9,12-16H2,1-4H3/t18-,21?/m0/s1. The average molecular weight is 419 g/mol.